The van der Waals surface area contributed by atoms with Gasteiger partial charge in [0.05, 0.1) is 6.20 Å². The zero-order valence-electron chi connectivity index (χ0n) is 13.3. The molecule has 1 amide bonds. The number of carbonyl (C=O) groups excluding carboxylic acids is 1. The van der Waals surface area contributed by atoms with Crippen LogP contribution in [-0.2, 0) is 11.2 Å². The van der Waals surface area contributed by atoms with Crippen molar-refractivity contribution >= 4 is 5.91 Å². The Balaban J connectivity index is 1.56. The summed E-state index contributed by atoms with van der Waals surface area (Å²) in [6.07, 6.45) is 4.81. The van der Waals surface area contributed by atoms with Crippen molar-refractivity contribution in [2.24, 2.45) is 5.92 Å². The highest BCUT2D eigenvalue weighted by atomic mass is 19.1. The van der Waals surface area contributed by atoms with Crippen molar-refractivity contribution in [3.8, 4) is 11.3 Å². The lowest BCUT2D eigenvalue weighted by atomic mass is 10.00. The fraction of sp³-hybridized carbons (Fsp3) is 0.444. The molecular weight excluding hydrogens is 295 g/mol. The summed E-state index contributed by atoms with van der Waals surface area (Å²) in [5, 5.41) is 0. The Kier molecular flexibility index (Phi) is 4.74. The SMILES string of the molecule is CC1CCCN(C(=O)CCc2ncc(-c3ccc(F)cc3)o2)C1. The van der Waals surface area contributed by atoms with Gasteiger partial charge in [-0.2, -0.15) is 0 Å². The van der Waals surface area contributed by atoms with Crippen LogP contribution in [0, 0.1) is 11.7 Å². The van der Waals surface area contributed by atoms with E-state index in [9.17, 15) is 9.18 Å². The normalized spacial score (nSPS) is 18.2. The molecule has 5 heteroatoms. The van der Waals surface area contributed by atoms with Gasteiger partial charge in [-0.1, -0.05) is 6.92 Å². The number of oxazole rings is 1. The molecule has 2 aromatic rings. The van der Waals surface area contributed by atoms with Crippen LogP contribution in [0.5, 0.6) is 0 Å². The highest BCUT2D eigenvalue weighted by Crippen LogP contribution is 2.22. The molecule has 23 heavy (non-hydrogen) atoms. The average molecular weight is 316 g/mol. The van der Waals surface area contributed by atoms with Crippen LogP contribution < -0.4 is 0 Å². The Bertz CT molecular complexity index is 666. The molecule has 0 spiro atoms. The second-order valence-electron chi connectivity index (χ2n) is 6.21. The molecule has 0 bridgehead atoms. The standard InChI is InChI=1S/C18H21FN2O2/c1-13-3-2-10-21(12-13)18(22)9-8-17-20-11-16(23-17)14-4-6-15(19)7-5-14/h4-7,11,13H,2-3,8-10,12H2,1H3. The summed E-state index contributed by atoms with van der Waals surface area (Å²) < 4.78 is 18.6. The maximum Gasteiger partial charge on any atom is 0.223 e. The maximum atomic E-state index is 12.9. The van der Waals surface area contributed by atoms with Gasteiger partial charge in [-0.25, -0.2) is 9.37 Å². The van der Waals surface area contributed by atoms with E-state index in [1.807, 2.05) is 4.90 Å². The van der Waals surface area contributed by atoms with Gasteiger partial charge in [-0.3, -0.25) is 4.79 Å². The Morgan fingerprint density at radius 1 is 1.39 bits per heavy atom. The predicted octanol–water partition coefficient (Wildman–Crippen LogP) is 3.67. The molecule has 1 aromatic carbocycles. The molecule has 1 saturated heterocycles. The van der Waals surface area contributed by atoms with Gasteiger partial charge >= 0.3 is 0 Å². The predicted molar refractivity (Wildman–Crippen MR) is 85.2 cm³/mol. The number of benzene rings is 1. The Morgan fingerprint density at radius 2 is 2.17 bits per heavy atom. The molecule has 0 aliphatic carbocycles. The number of carbonyl (C=O) groups is 1. The number of aryl methyl sites for hydroxylation is 1. The molecule has 1 atom stereocenters. The summed E-state index contributed by atoms with van der Waals surface area (Å²) in [7, 11) is 0. The summed E-state index contributed by atoms with van der Waals surface area (Å²) in [4.78, 5) is 18.4. The first-order chi connectivity index (χ1) is 11.1. The molecule has 4 nitrogen and oxygen atoms in total. The summed E-state index contributed by atoms with van der Waals surface area (Å²) in [5.74, 6) is 1.61. The van der Waals surface area contributed by atoms with E-state index in [0.29, 0.717) is 30.4 Å². The van der Waals surface area contributed by atoms with Crippen LogP contribution in [0.25, 0.3) is 11.3 Å². The van der Waals surface area contributed by atoms with Gasteiger partial charge in [-0.05, 0) is 43.0 Å². The Morgan fingerprint density at radius 3 is 2.91 bits per heavy atom. The fourth-order valence-corrected chi connectivity index (χ4v) is 2.96. The summed E-state index contributed by atoms with van der Waals surface area (Å²) in [6, 6.07) is 6.08. The molecule has 1 aromatic heterocycles. The third-order valence-corrected chi connectivity index (χ3v) is 4.24. The topological polar surface area (TPSA) is 46.3 Å². The van der Waals surface area contributed by atoms with E-state index in [2.05, 4.69) is 11.9 Å². The van der Waals surface area contributed by atoms with Gasteiger partial charge < -0.3 is 9.32 Å². The highest BCUT2D eigenvalue weighted by Gasteiger charge is 2.21. The molecular formula is C18H21FN2O2. The summed E-state index contributed by atoms with van der Waals surface area (Å²) in [5.41, 5.74) is 0.779. The minimum Gasteiger partial charge on any atom is -0.441 e. The van der Waals surface area contributed by atoms with Crippen molar-refractivity contribution in [3.05, 3.63) is 42.2 Å². The molecule has 2 heterocycles. The number of amides is 1. The molecule has 0 N–H and O–H groups in total. The zero-order chi connectivity index (χ0) is 16.2. The lowest BCUT2D eigenvalue weighted by molar-refractivity contribution is -0.132. The third kappa shape index (κ3) is 3.97. The van der Waals surface area contributed by atoms with Crippen molar-refractivity contribution in [1.29, 1.82) is 0 Å². The summed E-state index contributed by atoms with van der Waals surface area (Å²) in [6.45, 7) is 3.89. The van der Waals surface area contributed by atoms with Crippen molar-refractivity contribution in [2.75, 3.05) is 13.1 Å². The van der Waals surface area contributed by atoms with Gasteiger partial charge in [0.1, 0.15) is 5.82 Å². The van der Waals surface area contributed by atoms with Crippen molar-refractivity contribution < 1.29 is 13.6 Å². The molecule has 1 aliphatic heterocycles. The van der Waals surface area contributed by atoms with Gasteiger partial charge in [0.25, 0.3) is 0 Å². The molecule has 0 saturated carbocycles. The van der Waals surface area contributed by atoms with Gasteiger partial charge in [0.2, 0.25) is 5.91 Å². The van der Waals surface area contributed by atoms with Gasteiger partial charge in [0, 0.05) is 31.5 Å². The number of hydrogen-bond donors (Lipinski definition) is 0. The lowest BCUT2D eigenvalue weighted by Gasteiger charge is -2.30. The van der Waals surface area contributed by atoms with E-state index in [-0.39, 0.29) is 11.7 Å². The quantitative estimate of drug-likeness (QED) is 0.864. The van der Waals surface area contributed by atoms with Crippen LogP contribution in [0.2, 0.25) is 0 Å². The Labute approximate surface area is 135 Å². The molecule has 1 unspecified atom stereocenters. The molecule has 1 aliphatic rings. The van der Waals surface area contributed by atoms with E-state index in [0.717, 1.165) is 25.1 Å². The largest absolute Gasteiger partial charge is 0.441 e. The van der Waals surface area contributed by atoms with Crippen LogP contribution in [0.15, 0.2) is 34.9 Å². The average Bonchev–Trinajstić information content (AvgIpc) is 3.02. The highest BCUT2D eigenvalue weighted by molar-refractivity contribution is 5.76. The summed E-state index contributed by atoms with van der Waals surface area (Å²) >= 11 is 0. The van der Waals surface area contributed by atoms with Crippen molar-refractivity contribution in [3.63, 3.8) is 0 Å². The lowest BCUT2D eigenvalue weighted by Crippen LogP contribution is -2.39. The molecule has 0 radical (unpaired) electrons. The van der Waals surface area contributed by atoms with Crippen LogP contribution in [-0.4, -0.2) is 28.9 Å². The van der Waals surface area contributed by atoms with Crippen LogP contribution in [0.3, 0.4) is 0 Å². The third-order valence-electron chi connectivity index (χ3n) is 4.24. The number of aromatic nitrogens is 1. The number of halogens is 1. The molecule has 122 valence electrons. The first-order valence-corrected chi connectivity index (χ1v) is 8.10. The number of likely N-dealkylation sites (tertiary alicyclic amines) is 1. The zero-order valence-corrected chi connectivity index (χ0v) is 13.3. The molecule has 3 rings (SSSR count). The van der Waals surface area contributed by atoms with Crippen LogP contribution >= 0.6 is 0 Å². The van der Waals surface area contributed by atoms with E-state index >= 15 is 0 Å². The van der Waals surface area contributed by atoms with E-state index in [1.54, 1.807) is 18.3 Å². The maximum absolute atomic E-state index is 12.9. The fourth-order valence-electron chi connectivity index (χ4n) is 2.96. The minimum atomic E-state index is -0.283. The van der Waals surface area contributed by atoms with Gasteiger partial charge in [-0.15, -0.1) is 0 Å². The van der Waals surface area contributed by atoms with E-state index < -0.39 is 0 Å². The second kappa shape index (κ2) is 6.94. The first-order valence-electron chi connectivity index (χ1n) is 8.10. The smallest absolute Gasteiger partial charge is 0.223 e. The van der Waals surface area contributed by atoms with Crippen LogP contribution in [0.1, 0.15) is 32.1 Å². The number of hydrogen-bond acceptors (Lipinski definition) is 3. The monoisotopic (exact) mass is 316 g/mol. The minimum absolute atomic E-state index is 0.165. The van der Waals surface area contributed by atoms with Gasteiger partial charge in [0.15, 0.2) is 11.7 Å². The van der Waals surface area contributed by atoms with E-state index in [4.69, 9.17) is 4.42 Å². The number of nitrogens with zero attached hydrogens (tertiary/aromatic N) is 2. The van der Waals surface area contributed by atoms with Crippen LogP contribution in [0.4, 0.5) is 4.39 Å². The van der Waals surface area contributed by atoms with Crippen molar-refractivity contribution in [2.45, 2.75) is 32.6 Å². The van der Waals surface area contributed by atoms with Crippen molar-refractivity contribution in [1.82, 2.24) is 9.88 Å². The number of piperidine rings is 1. The second-order valence-corrected chi connectivity index (χ2v) is 6.21. The molecule has 1 fully saturated rings. The Hall–Kier alpha value is -2.17. The first kappa shape index (κ1) is 15.7. The van der Waals surface area contributed by atoms with E-state index in [1.165, 1.54) is 18.6 Å². The number of rotatable bonds is 4.